The Morgan fingerprint density at radius 1 is 1.33 bits per heavy atom. The van der Waals surface area contributed by atoms with Crippen molar-refractivity contribution in [2.75, 3.05) is 20.8 Å². The first-order valence-electron chi connectivity index (χ1n) is 5.82. The molecule has 18 heavy (non-hydrogen) atoms. The molecular weight excluding hydrogens is 234 g/mol. The summed E-state index contributed by atoms with van der Waals surface area (Å²) >= 11 is 0. The second kappa shape index (κ2) is 6.86. The van der Waals surface area contributed by atoms with E-state index >= 15 is 0 Å². The largest absolute Gasteiger partial charge is 0.493 e. The van der Waals surface area contributed by atoms with Crippen molar-refractivity contribution in [3.63, 3.8) is 0 Å². The van der Waals surface area contributed by atoms with Crippen LogP contribution in [0.1, 0.15) is 24.9 Å². The standard InChI is InChI=1S/C13H19NO4/c1-4-7-14-12(13(15)16)9-5-6-10(17-2)11(8-9)18-3/h5-6,8,12,14H,4,7H2,1-3H3,(H,15,16). The minimum Gasteiger partial charge on any atom is -0.493 e. The van der Waals surface area contributed by atoms with Crippen LogP contribution in [-0.4, -0.2) is 31.8 Å². The summed E-state index contributed by atoms with van der Waals surface area (Å²) in [6.07, 6.45) is 0.872. The number of methoxy groups -OCH3 is 2. The molecular formula is C13H19NO4. The second-order valence-electron chi connectivity index (χ2n) is 3.84. The monoisotopic (exact) mass is 253 g/mol. The predicted molar refractivity (Wildman–Crippen MR) is 68.2 cm³/mol. The van der Waals surface area contributed by atoms with Crippen molar-refractivity contribution >= 4 is 5.97 Å². The summed E-state index contributed by atoms with van der Waals surface area (Å²) in [7, 11) is 3.07. The number of carbonyl (C=O) groups is 1. The normalized spacial score (nSPS) is 11.9. The lowest BCUT2D eigenvalue weighted by Crippen LogP contribution is -2.29. The van der Waals surface area contributed by atoms with E-state index in [1.807, 2.05) is 6.92 Å². The van der Waals surface area contributed by atoms with E-state index in [0.29, 0.717) is 23.6 Å². The predicted octanol–water partition coefficient (Wildman–Crippen LogP) is 1.83. The molecule has 0 saturated heterocycles. The summed E-state index contributed by atoms with van der Waals surface area (Å²) in [6.45, 7) is 2.63. The fourth-order valence-corrected chi connectivity index (χ4v) is 1.67. The molecule has 0 bridgehead atoms. The zero-order valence-corrected chi connectivity index (χ0v) is 10.9. The molecule has 0 amide bonds. The van der Waals surface area contributed by atoms with Crippen molar-refractivity contribution in [3.05, 3.63) is 23.8 Å². The Morgan fingerprint density at radius 3 is 2.50 bits per heavy atom. The molecule has 1 aromatic rings. The zero-order chi connectivity index (χ0) is 13.5. The third kappa shape index (κ3) is 3.37. The van der Waals surface area contributed by atoms with Gasteiger partial charge in [-0.25, -0.2) is 0 Å². The molecule has 0 radical (unpaired) electrons. The van der Waals surface area contributed by atoms with E-state index in [2.05, 4.69) is 5.32 Å². The van der Waals surface area contributed by atoms with Crippen molar-refractivity contribution in [2.24, 2.45) is 0 Å². The molecule has 1 rings (SSSR count). The van der Waals surface area contributed by atoms with Crippen molar-refractivity contribution in [1.29, 1.82) is 0 Å². The molecule has 0 saturated carbocycles. The highest BCUT2D eigenvalue weighted by molar-refractivity contribution is 5.76. The molecule has 5 heteroatoms. The van der Waals surface area contributed by atoms with E-state index < -0.39 is 12.0 Å². The van der Waals surface area contributed by atoms with Gasteiger partial charge >= 0.3 is 5.97 Å². The molecule has 0 aliphatic carbocycles. The number of carboxylic acid groups (broad SMARTS) is 1. The first-order valence-corrected chi connectivity index (χ1v) is 5.82. The Kier molecular flexibility index (Phi) is 5.45. The number of benzene rings is 1. The second-order valence-corrected chi connectivity index (χ2v) is 3.84. The maximum atomic E-state index is 11.2. The quantitative estimate of drug-likeness (QED) is 0.776. The average Bonchev–Trinajstić information content (AvgIpc) is 2.38. The molecule has 0 spiro atoms. The fourth-order valence-electron chi connectivity index (χ4n) is 1.67. The molecule has 2 N–H and O–H groups in total. The Labute approximate surface area is 107 Å². The summed E-state index contributed by atoms with van der Waals surface area (Å²) in [6, 6.07) is 4.38. The molecule has 0 aromatic heterocycles. The van der Waals surface area contributed by atoms with Crippen LogP contribution in [0.4, 0.5) is 0 Å². The summed E-state index contributed by atoms with van der Waals surface area (Å²) in [5.74, 6) is 0.205. The Balaban J connectivity index is 3.01. The highest BCUT2D eigenvalue weighted by Gasteiger charge is 2.20. The van der Waals surface area contributed by atoms with Crippen LogP contribution in [0.3, 0.4) is 0 Å². The third-order valence-corrected chi connectivity index (χ3v) is 2.59. The van der Waals surface area contributed by atoms with Crippen molar-refractivity contribution in [3.8, 4) is 11.5 Å². The van der Waals surface area contributed by atoms with Gasteiger partial charge in [0, 0.05) is 0 Å². The van der Waals surface area contributed by atoms with E-state index in [4.69, 9.17) is 9.47 Å². The maximum absolute atomic E-state index is 11.2. The maximum Gasteiger partial charge on any atom is 0.325 e. The Hall–Kier alpha value is -1.75. The van der Waals surface area contributed by atoms with E-state index in [1.165, 1.54) is 7.11 Å². The number of nitrogens with one attached hydrogen (secondary N) is 1. The van der Waals surface area contributed by atoms with Crippen LogP contribution >= 0.6 is 0 Å². The zero-order valence-electron chi connectivity index (χ0n) is 10.9. The van der Waals surface area contributed by atoms with Crippen LogP contribution in [-0.2, 0) is 4.79 Å². The topological polar surface area (TPSA) is 67.8 Å². The van der Waals surface area contributed by atoms with Gasteiger partial charge < -0.3 is 19.9 Å². The Morgan fingerprint density at radius 2 is 2.00 bits per heavy atom. The van der Waals surface area contributed by atoms with Gasteiger partial charge in [-0.2, -0.15) is 0 Å². The van der Waals surface area contributed by atoms with Crippen molar-refractivity contribution in [2.45, 2.75) is 19.4 Å². The molecule has 1 atom stereocenters. The minimum atomic E-state index is -0.907. The van der Waals surface area contributed by atoms with Gasteiger partial charge in [0.15, 0.2) is 11.5 Å². The van der Waals surface area contributed by atoms with Crippen LogP contribution in [0.5, 0.6) is 11.5 Å². The molecule has 1 unspecified atom stereocenters. The van der Waals surface area contributed by atoms with Crippen LogP contribution in [0.25, 0.3) is 0 Å². The number of aliphatic carboxylic acids is 1. The average molecular weight is 253 g/mol. The summed E-state index contributed by atoms with van der Waals surface area (Å²) in [5.41, 5.74) is 0.647. The number of rotatable bonds is 7. The molecule has 0 heterocycles. The molecule has 100 valence electrons. The lowest BCUT2D eigenvalue weighted by atomic mass is 10.1. The highest BCUT2D eigenvalue weighted by Crippen LogP contribution is 2.30. The number of carboxylic acids is 1. The van der Waals surface area contributed by atoms with Gasteiger partial charge in [-0.3, -0.25) is 4.79 Å². The van der Waals surface area contributed by atoms with Gasteiger partial charge in [0.05, 0.1) is 14.2 Å². The van der Waals surface area contributed by atoms with Gasteiger partial charge in [-0.15, -0.1) is 0 Å². The van der Waals surface area contributed by atoms with Gasteiger partial charge in [-0.1, -0.05) is 13.0 Å². The van der Waals surface area contributed by atoms with Crippen molar-refractivity contribution < 1.29 is 19.4 Å². The van der Waals surface area contributed by atoms with Gasteiger partial charge in [0.2, 0.25) is 0 Å². The lowest BCUT2D eigenvalue weighted by Gasteiger charge is -2.16. The summed E-state index contributed by atoms with van der Waals surface area (Å²) in [4.78, 5) is 11.2. The number of hydrogen-bond acceptors (Lipinski definition) is 4. The summed E-state index contributed by atoms with van der Waals surface area (Å²) < 4.78 is 10.3. The number of hydrogen-bond donors (Lipinski definition) is 2. The molecule has 0 aliphatic heterocycles. The van der Waals surface area contributed by atoms with Gasteiger partial charge in [-0.05, 0) is 30.7 Å². The van der Waals surface area contributed by atoms with E-state index in [9.17, 15) is 9.90 Å². The van der Waals surface area contributed by atoms with E-state index in [0.717, 1.165) is 6.42 Å². The van der Waals surface area contributed by atoms with Crippen LogP contribution in [0, 0.1) is 0 Å². The van der Waals surface area contributed by atoms with Gasteiger partial charge in [0.1, 0.15) is 6.04 Å². The van der Waals surface area contributed by atoms with Crippen LogP contribution in [0.15, 0.2) is 18.2 Å². The van der Waals surface area contributed by atoms with Crippen molar-refractivity contribution in [1.82, 2.24) is 5.32 Å². The highest BCUT2D eigenvalue weighted by atomic mass is 16.5. The van der Waals surface area contributed by atoms with Crippen LogP contribution < -0.4 is 14.8 Å². The molecule has 1 aromatic carbocycles. The van der Waals surface area contributed by atoms with E-state index in [1.54, 1.807) is 25.3 Å². The first-order chi connectivity index (χ1) is 8.63. The van der Waals surface area contributed by atoms with E-state index in [-0.39, 0.29) is 0 Å². The lowest BCUT2D eigenvalue weighted by molar-refractivity contribution is -0.139. The Bertz CT molecular complexity index is 406. The minimum absolute atomic E-state index is 0.527. The van der Waals surface area contributed by atoms with Gasteiger partial charge in [0.25, 0.3) is 0 Å². The number of ether oxygens (including phenoxy) is 2. The smallest absolute Gasteiger partial charge is 0.325 e. The molecule has 0 fully saturated rings. The molecule has 0 aliphatic rings. The molecule has 5 nitrogen and oxygen atoms in total. The SMILES string of the molecule is CCCNC(C(=O)O)c1ccc(OC)c(OC)c1. The summed E-state index contributed by atoms with van der Waals surface area (Å²) in [5, 5.41) is 12.2. The third-order valence-electron chi connectivity index (χ3n) is 2.59. The first kappa shape index (κ1) is 14.3. The van der Waals surface area contributed by atoms with Crippen LogP contribution in [0.2, 0.25) is 0 Å². The fraction of sp³-hybridized carbons (Fsp3) is 0.462.